The van der Waals surface area contributed by atoms with Gasteiger partial charge in [-0.25, -0.2) is 0 Å². The fourth-order valence-electron chi connectivity index (χ4n) is 2.56. The third-order valence-corrected chi connectivity index (χ3v) is 3.34. The monoisotopic (exact) mass is 235 g/mol. The Morgan fingerprint density at radius 2 is 2.18 bits per heavy atom. The molecule has 0 spiro atoms. The second-order valence-electron chi connectivity index (χ2n) is 4.35. The lowest BCUT2D eigenvalue weighted by Crippen LogP contribution is -2.20. The minimum absolute atomic E-state index is 0.321. The maximum atomic E-state index is 5.76. The largest absolute Gasteiger partial charge is 0.496 e. The zero-order valence-electron chi connectivity index (χ0n) is 9.99. The Labute approximate surface area is 101 Å². The van der Waals surface area contributed by atoms with Gasteiger partial charge in [-0.05, 0) is 31.5 Å². The van der Waals surface area contributed by atoms with Crippen LogP contribution in [-0.4, -0.2) is 26.9 Å². The van der Waals surface area contributed by atoms with Gasteiger partial charge in [0.15, 0.2) is 11.5 Å². The molecule has 1 atom stereocenters. The molecule has 0 saturated carbocycles. The molecule has 1 unspecified atom stereocenters. The van der Waals surface area contributed by atoms with E-state index < -0.39 is 0 Å². The van der Waals surface area contributed by atoms with Crippen LogP contribution in [0.5, 0.6) is 17.2 Å². The molecule has 1 N–H and O–H groups in total. The number of methoxy groups -OCH3 is 1. The number of fused-ring (bicyclic) bond motifs is 1. The molecule has 92 valence electrons. The summed E-state index contributed by atoms with van der Waals surface area (Å²) in [5.41, 5.74) is 1.11. The Morgan fingerprint density at radius 3 is 2.94 bits per heavy atom. The van der Waals surface area contributed by atoms with E-state index in [4.69, 9.17) is 14.2 Å². The summed E-state index contributed by atoms with van der Waals surface area (Å²) >= 11 is 0. The minimum atomic E-state index is 0.321. The van der Waals surface area contributed by atoms with Gasteiger partial charge in [-0.2, -0.15) is 0 Å². The fourth-order valence-corrected chi connectivity index (χ4v) is 2.56. The molecule has 4 heteroatoms. The number of benzene rings is 1. The molecule has 0 radical (unpaired) electrons. The van der Waals surface area contributed by atoms with E-state index >= 15 is 0 Å². The van der Waals surface area contributed by atoms with Gasteiger partial charge in [-0.1, -0.05) is 0 Å². The molecule has 1 fully saturated rings. The van der Waals surface area contributed by atoms with Crippen molar-refractivity contribution in [3.8, 4) is 17.2 Å². The minimum Gasteiger partial charge on any atom is -0.496 e. The average Bonchev–Trinajstić information content (AvgIpc) is 2.91. The summed E-state index contributed by atoms with van der Waals surface area (Å²) in [7, 11) is 1.70. The highest BCUT2D eigenvalue weighted by atomic mass is 16.6. The van der Waals surface area contributed by atoms with Crippen molar-refractivity contribution in [3.63, 3.8) is 0 Å². The topological polar surface area (TPSA) is 39.7 Å². The van der Waals surface area contributed by atoms with Crippen molar-refractivity contribution in [2.24, 2.45) is 0 Å². The standard InChI is InChI=1S/C13H17NO3/c1-15-10-4-5-11-13(17-8-7-16-11)12(10)9-3-2-6-14-9/h4-5,9,14H,2-3,6-8H2,1H3. The van der Waals surface area contributed by atoms with Gasteiger partial charge in [-0.15, -0.1) is 0 Å². The van der Waals surface area contributed by atoms with Crippen molar-refractivity contribution >= 4 is 0 Å². The van der Waals surface area contributed by atoms with E-state index in [1.165, 1.54) is 6.42 Å². The van der Waals surface area contributed by atoms with Crippen LogP contribution in [0, 0.1) is 0 Å². The normalized spacial score (nSPS) is 22.5. The molecule has 0 aromatic heterocycles. The number of hydrogen-bond donors (Lipinski definition) is 1. The van der Waals surface area contributed by atoms with Gasteiger partial charge in [0.1, 0.15) is 19.0 Å². The molecule has 2 aliphatic rings. The molecule has 0 aliphatic carbocycles. The zero-order valence-corrected chi connectivity index (χ0v) is 9.99. The summed E-state index contributed by atoms with van der Waals surface area (Å²) in [4.78, 5) is 0. The lowest BCUT2D eigenvalue weighted by molar-refractivity contribution is 0.167. The molecule has 3 rings (SSSR count). The lowest BCUT2D eigenvalue weighted by Gasteiger charge is -2.25. The summed E-state index contributed by atoms with van der Waals surface area (Å²) in [6.45, 7) is 2.29. The molecular weight excluding hydrogens is 218 g/mol. The van der Waals surface area contributed by atoms with Crippen molar-refractivity contribution in [1.29, 1.82) is 0 Å². The predicted molar refractivity (Wildman–Crippen MR) is 64.0 cm³/mol. The van der Waals surface area contributed by atoms with Crippen molar-refractivity contribution in [2.75, 3.05) is 26.9 Å². The van der Waals surface area contributed by atoms with Gasteiger partial charge in [-0.3, -0.25) is 0 Å². The van der Waals surface area contributed by atoms with Crippen LogP contribution in [0.25, 0.3) is 0 Å². The summed E-state index contributed by atoms with van der Waals surface area (Å²) in [5, 5.41) is 3.48. The molecule has 0 amide bonds. The first-order valence-electron chi connectivity index (χ1n) is 6.10. The van der Waals surface area contributed by atoms with Crippen molar-refractivity contribution in [3.05, 3.63) is 17.7 Å². The second-order valence-corrected chi connectivity index (χ2v) is 4.35. The highest BCUT2D eigenvalue weighted by molar-refractivity contribution is 5.56. The van der Waals surface area contributed by atoms with Crippen molar-refractivity contribution in [1.82, 2.24) is 5.32 Å². The van der Waals surface area contributed by atoms with Crippen molar-refractivity contribution in [2.45, 2.75) is 18.9 Å². The third-order valence-electron chi connectivity index (χ3n) is 3.34. The molecule has 0 bridgehead atoms. The molecule has 17 heavy (non-hydrogen) atoms. The first kappa shape index (κ1) is 10.7. The van der Waals surface area contributed by atoms with E-state index in [0.717, 1.165) is 35.8 Å². The summed E-state index contributed by atoms with van der Waals surface area (Å²) in [6.07, 6.45) is 2.31. The van der Waals surface area contributed by atoms with Crippen LogP contribution in [0.15, 0.2) is 12.1 Å². The first-order valence-corrected chi connectivity index (χ1v) is 6.10. The summed E-state index contributed by atoms with van der Waals surface area (Å²) in [5.74, 6) is 2.57. The molecule has 1 aromatic rings. The summed E-state index contributed by atoms with van der Waals surface area (Å²) in [6, 6.07) is 4.20. The van der Waals surface area contributed by atoms with E-state index in [9.17, 15) is 0 Å². The Hall–Kier alpha value is -1.42. The molecule has 4 nitrogen and oxygen atoms in total. The highest BCUT2D eigenvalue weighted by Gasteiger charge is 2.28. The SMILES string of the molecule is COc1ccc2c(c1C1CCCN1)OCCO2. The molecule has 1 aromatic carbocycles. The molecule has 2 heterocycles. The maximum Gasteiger partial charge on any atom is 0.169 e. The fraction of sp³-hybridized carbons (Fsp3) is 0.538. The van der Waals surface area contributed by atoms with Crippen LogP contribution in [-0.2, 0) is 0 Å². The van der Waals surface area contributed by atoms with Crippen LogP contribution >= 0.6 is 0 Å². The number of ether oxygens (including phenoxy) is 3. The van der Waals surface area contributed by atoms with E-state index in [1.54, 1.807) is 7.11 Å². The molecule has 1 saturated heterocycles. The Balaban J connectivity index is 2.07. The highest BCUT2D eigenvalue weighted by Crippen LogP contribution is 2.44. The van der Waals surface area contributed by atoms with Gasteiger partial charge in [0.25, 0.3) is 0 Å². The average molecular weight is 235 g/mol. The van der Waals surface area contributed by atoms with Crippen LogP contribution in [0.4, 0.5) is 0 Å². The zero-order chi connectivity index (χ0) is 11.7. The van der Waals surface area contributed by atoms with Gasteiger partial charge in [0.2, 0.25) is 0 Å². The van der Waals surface area contributed by atoms with Gasteiger partial charge in [0.05, 0.1) is 12.7 Å². The molecular formula is C13H17NO3. The molecule has 2 aliphatic heterocycles. The number of rotatable bonds is 2. The second kappa shape index (κ2) is 4.45. The van der Waals surface area contributed by atoms with E-state index in [1.807, 2.05) is 12.1 Å². The van der Waals surface area contributed by atoms with E-state index in [2.05, 4.69) is 5.32 Å². The third kappa shape index (κ3) is 1.82. The van der Waals surface area contributed by atoms with Gasteiger partial charge in [0, 0.05) is 6.04 Å². The lowest BCUT2D eigenvalue weighted by atomic mass is 10.0. The first-order chi connectivity index (χ1) is 8.40. The predicted octanol–water partition coefficient (Wildman–Crippen LogP) is 1.89. The smallest absolute Gasteiger partial charge is 0.169 e. The maximum absolute atomic E-state index is 5.76. The van der Waals surface area contributed by atoms with Crippen LogP contribution < -0.4 is 19.5 Å². The summed E-state index contributed by atoms with van der Waals surface area (Å²) < 4.78 is 16.8. The van der Waals surface area contributed by atoms with Crippen molar-refractivity contribution < 1.29 is 14.2 Å². The van der Waals surface area contributed by atoms with Crippen LogP contribution in [0.1, 0.15) is 24.4 Å². The Kier molecular flexibility index (Phi) is 2.81. The number of nitrogens with one attached hydrogen (secondary N) is 1. The number of hydrogen-bond acceptors (Lipinski definition) is 4. The van der Waals surface area contributed by atoms with Gasteiger partial charge >= 0.3 is 0 Å². The van der Waals surface area contributed by atoms with Gasteiger partial charge < -0.3 is 19.5 Å². The Bertz CT molecular complexity index is 413. The quantitative estimate of drug-likeness (QED) is 0.849. The van der Waals surface area contributed by atoms with Crippen LogP contribution in [0.2, 0.25) is 0 Å². The Morgan fingerprint density at radius 1 is 1.29 bits per heavy atom. The van der Waals surface area contributed by atoms with E-state index in [-0.39, 0.29) is 0 Å². The van der Waals surface area contributed by atoms with E-state index in [0.29, 0.717) is 19.3 Å². The van der Waals surface area contributed by atoms with Crippen LogP contribution in [0.3, 0.4) is 0 Å².